The zero-order chi connectivity index (χ0) is 11.9. The number of ether oxygens (including phenoxy) is 1. The molecule has 0 aromatic carbocycles. The van der Waals surface area contributed by atoms with Gasteiger partial charge in [-0.1, -0.05) is 0 Å². The van der Waals surface area contributed by atoms with Gasteiger partial charge in [0.25, 0.3) is 5.56 Å². The molecule has 1 aromatic rings. The van der Waals surface area contributed by atoms with E-state index >= 15 is 0 Å². The van der Waals surface area contributed by atoms with Crippen molar-refractivity contribution in [2.45, 2.75) is 26.4 Å². The highest BCUT2D eigenvalue weighted by Crippen LogP contribution is 2.29. The quantitative estimate of drug-likeness (QED) is 0.703. The minimum Gasteiger partial charge on any atom is -0.453 e. The molecule has 6 heteroatoms. The summed E-state index contributed by atoms with van der Waals surface area (Å²) in [5.41, 5.74) is 1.02. The van der Waals surface area contributed by atoms with Gasteiger partial charge in [0.15, 0.2) is 0 Å². The number of H-pyrrole nitrogens is 1. The van der Waals surface area contributed by atoms with Crippen molar-refractivity contribution in [3.05, 3.63) is 27.4 Å². The maximum absolute atomic E-state index is 11.7. The molecule has 0 fully saturated rings. The van der Waals surface area contributed by atoms with Crippen molar-refractivity contribution in [2.24, 2.45) is 0 Å². The van der Waals surface area contributed by atoms with E-state index in [9.17, 15) is 9.59 Å². The molecule has 0 aliphatic carbocycles. The van der Waals surface area contributed by atoms with Crippen LogP contribution in [0.2, 0.25) is 0 Å². The number of carbonyl (C=O) groups excluding carboxylic acids is 1. The number of aromatic nitrogens is 2. The molecule has 86 valence electrons. The monoisotopic (exact) mass is 223 g/mol. The number of hydrogen-bond acceptors (Lipinski definition) is 4. The molecule has 1 aliphatic rings. The molecule has 1 unspecified atom stereocenters. The van der Waals surface area contributed by atoms with Gasteiger partial charge in [0.1, 0.15) is 5.82 Å². The number of methoxy groups -OCH3 is 1. The van der Waals surface area contributed by atoms with Crippen molar-refractivity contribution in [3.63, 3.8) is 0 Å². The van der Waals surface area contributed by atoms with Crippen LogP contribution in [-0.4, -0.2) is 28.1 Å². The number of fused-ring (bicyclic) bond motifs is 1. The van der Waals surface area contributed by atoms with E-state index in [0.717, 1.165) is 0 Å². The lowest BCUT2D eigenvalue weighted by Gasteiger charge is -2.19. The highest BCUT2D eigenvalue weighted by Gasteiger charge is 2.34. The summed E-state index contributed by atoms with van der Waals surface area (Å²) in [6, 6.07) is -0.219. The molecule has 0 radical (unpaired) electrons. The fourth-order valence-electron chi connectivity index (χ4n) is 1.93. The Hall–Kier alpha value is -1.85. The molecule has 1 aliphatic heterocycles. The van der Waals surface area contributed by atoms with Crippen LogP contribution in [0.25, 0.3) is 0 Å². The molecule has 1 amide bonds. The predicted octanol–water partition coefficient (Wildman–Crippen LogP) is 0.721. The highest BCUT2D eigenvalue weighted by molar-refractivity contribution is 5.69. The predicted molar refractivity (Wildman–Crippen MR) is 56.0 cm³/mol. The van der Waals surface area contributed by atoms with Crippen molar-refractivity contribution in [2.75, 3.05) is 7.11 Å². The topological polar surface area (TPSA) is 75.3 Å². The van der Waals surface area contributed by atoms with Gasteiger partial charge in [-0.15, -0.1) is 0 Å². The van der Waals surface area contributed by atoms with Gasteiger partial charge in [-0.05, 0) is 13.8 Å². The number of aryl methyl sites for hydroxylation is 1. The molecule has 16 heavy (non-hydrogen) atoms. The summed E-state index contributed by atoms with van der Waals surface area (Å²) in [6.07, 6.45) is -0.442. The van der Waals surface area contributed by atoms with E-state index in [4.69, 9.17) is 0 Å². The number of nitrogens with one attached hydrogen (secondary N) is 1. The van der Waals surface area contributed by atoms with E-state index in [2.05, 4.69) is 14.7 Å². The largest absolute Gasteiger partial charge is 0.453 e. The maximum Gasteiger partial charge on any atom is 0.410 e. The number of hydrogen-bond donors (Lipinski definition) is 1. The molecule has 0 spiro atoms. The first kappa shape index (κ1) is 10.7. The molecule has 0 bridgehead atoms. The van der Waals surface area contributed by atoms with Gasteiger partial charge in [-0.3, -0.25) is 9.69 Å². The Morgan fingerprint density at radius 2 is 2.31 bits per heavy atom. The lowest BCUT2D eigenvalue weighted by molar-refractivity contribution is 0.111. The third-order valence-electron chi connectivity index (χ3n) is 2.77. The normalized spacial score (nSPS) is 18.4. The van der Waals surface area contributed by atoms with E-state index in [-0.39, 0.29) is 18.1 Å². The summed E-state index contributed by atoms with van der Waals surface area (Å²) in [6.45, 7) is 3.80. The second kappa shape index (κ2) is 3.62. The molecule has 1 atom stereocenters. The van der Waals surface area contributed by atoms with E-state index in [0.29, 0.717) is 17.1 Å². The summed E-state index contributed by atoms with van der Waals surface area (Å²) < 4.78 is 4.65. The summed E-state index contributed by atoms with van der Waals surface area (Å²) in [5, 5.41) is 0. The van der Waals surface area contributed by atoms with Crippen LogP contribution in [0, 0.1) is 6.92 Å². The first-order valence-electron chi connectivity index (χ1n) is 4.99. The van der Waals surface area contributed by atoms with Crippen molar-refractivity contribution in [1.29, 1.82) is 0 Å². The SMILES string of the molecule is COC(=O)N1Cc2c(nc(C)[nH]c2=O)C1C. The second-order valence-corrected chi connectivity index (χ2v) is 3.79. The lowest BCUT2D eigenvalue weighted by Crippen LogP contribution is -2.28. The third kappa shape index (κ3) is 1.46. The van der Waals surface area contributed by atoms with Gasteiger partial charge < -0.3 is 9.72 Å². The zero-order valence-corrected chi connectivity index (χ0v) is 9.40. The number of aromatic amines is 1. The molecule has 0 saturated carbocycles. The van der Waals surface area contributed by atoms with Crippen molar-refractivity contribution in [1.82, 2.24) is 14.9 Å². The Bertz CT molecular complexity index is 495. The van der Waals surface area contributed by atoms with Gasteiger partial charge in [0.05, 0.1) is 31.0 Å². The Labute approximate surface area is 92.3 Å². The Kier molecular flexibility index (Phi) is 2.41. The first-order valence-corrected chi connectivity index (χ1v) is 4.99. The standard InChI is InChI=1S/C10H13N3O3/c1-5-8-7(4-13(5)10(15)16-3)9(14)12-6(2)11-8/h5H,4H2,1-3H3,(H,11,12,14). The molecule has 6 nitrogen and oxygen atoms in total. The molecular weight excluding hydrogens is 210 g/mol. The van der Waals surface area contributed by atoms with E-state index < -0.39 is 6.09 Å². The minimum atomic E-state index is -0.442. The number of nitrogens with zero attached hydrogens (tertiary/aromatic N) is 2. The summed E-state index contributed by atoms with van der Waals surface area (Å²) in [7, 11) is 1.32. The Balaban J connectivity index is 2.46. The van der Waals surface area contributed by atoms with E-state index in [1.54, 1.807) is 6.92 Å². The Morgan fingerprint density at radius 3 is 2.94 bits per heavy atom. The van der Waals surface area contributed by atoms with Gasteiger partial charge in [0, 0.05) is 0 Å². The summed E-state index contributed by atoms with van der Waals surface area (Å²) in [5.74, 6) is 0.558. The Morgan fingerprint density at radius 1 is 1.62 bits per heavy atom. The van der Waals surface area contributed by atoms with Crippen molar-refractivity contribution < 1.29 is 9.53 Å². The van der Waals surface area contributed by atoms with Gasteiger partial charge in [-0.25, -0.2) is 9.78 Å². The molecule has 2 heterocycles. The van der Waals surface area contributed by atoms with Crippen molar-refractivity contribution in [3.8, 4) is 0 Å². The number of carbonyl (C=O) groups is 1. The molecule has 1 aromatic heterocycles. The lowest BCUT2D eigenvalue weighted by atomic mass is 10.2. The third-order valence-corrected chi connectivity index (χ3v) is 2.77. The average Bonchev–Trinajstić information content (AvgIpc) is 2.56. The van der Waals surface area contributed by atoms with Crippen LogP contribution < -0.4 is 5.56 Å². The second-order valence-electron chi connectivity index (χ2n) is 3.79. The summed E-state index contributed by atoms with van der Waals surface area (Å²) in [4.78, 5) is 31.5. The van der Waals surface area contributed by atoms with Gasteiger partial charge in [0.2, 0.25) is 0 Å². The fraction of sp³-hybridized carbons (Fsp3) is 0.500. The zero-order valence-electron chi connectivity index (χ0n) is 9.40. The van der Waals surface area contributed by atoms with Crippen LogP contribution >= 0.6 is 0 Å². The van der Waals surface area contributed by atoms with Gasteiger partial charge >= 0.3 is 6.09 Å². The van der Waals surface area contributed by atoms with Crippen LogP contribution in [0.5, 0.6) is 0 Å². The molecule has 2 rings (SSSR count). The van der Waals surface area contributed by atoms with Crippen LogP contribution in [0.3, 0.4) is 0 Å². The van der Waals surface area contributed by atoms with Gasteiger partial charge in [-0.2, -0.15) is 0 Å². The maximum atomic E-state index is 11.7. The number of amides is 1. The molecular formula is C10H13N3O3. The summed E-state index contributed by atoms with van der Waals surface area (Å²) >= 11 is 0. The molecule has 0 saturated heterocycles. The first-order chi connectivity index (χ1) is 7.54. The minimum absolute atomic E-state index is 0.180. The highest BCUT2D eigenvalue weighted by atomic mass is 16.5. The van der Waals surface area contributed by atoms with Crippen LogP contribution in [-0.2, 0) is 11.3 Å². The fourth-order valence-corrected chi connectivity index (χ4v) is 1.93. The van der Waals surface area contributed by atoms with Crippen LogP contribution in [0.15, 0.2) is 4.79 Å². The smallest absolute Gasteiger partial charge is 0.410 e. The van der Waals surface area contributed by atoms with Crippen LogP contribution in [0.4, 0.5) is 4.79 Å². The average molecular weight is 223 g/mol. The van der Waals surface area contributed by atoms with Crippen LogP contribution in [0.1, 0.15) is 30.0 Å². The molecule has 1 N–H and O–H groups in total. The van der Waals surface area contributed by atoms with E-state index in [1.165, 1.54) is 12.0 Å². The van der Waals surface area contributed by atoms with E-state index in [1.807, 2.05) is 6.92 Å². The van der Waals surface area contributed by atoms with Crippen molar-refractivity contribution >= 4 is 6.09 Å². The number of rotatable bonds is 0.